The minimum Gasteiger partial charge on any atom is -0.338 e. The van der Waals surface area contributed by atoms with Crippen molar-refractivity contribution in [2.45, 2.75) is 23.8 Å². The van der Waals surface area contributed by atoms with Gasteiger partial charge in [-0.3, -0.25) is 14.9 Å². The Morgan fingerprint density at radius 2 is 2.05 bits per heavy atom. The quantitative estimate of drug-likeness (QED) is 0.521. The van der Waals surface area contributed by atoms with Gasteiger partial charge in [-0.2, -0.15) is 0 Å². The van der Waals surface area contributed by atoms with Crippen molar-refractivity contribution in [1.29, 1.82) is 0 Å². The fourth-order valence-corrected chi connectivity index (χ4v) is 2.69. The zero-order valence-electron chi connectivity index (χ0n) is 11.7. The van der Waals surface area contributed by atoms with Crippen LogP contribution in [0.25, 0.3) is 0 Å². The Labute approximate surface area is 133 Å². The number of hydrogen-bond donors (Lipinski definition) is 1. The molecule has 0 radical (unpaired) electrons. The summed E-state index contributed by atoms with van der Waals surface area (Å²) >= 11 is 1.45. The molecule has 8 heteroatoms. The summed E-state index contributed by atoms with van der Waals surface area (Å²) in [5, 5.41) is 11.1. The van der Waals surface area contributed by atoms with Gasteiger partial charge >= 0.3 is 0 Å². The molecule has 21 heavy (non-hydrogen) atoms. The number of amides is 1. The Morgan fingerprint density at radius 3 is 2.57 bits per heavy atom. The monoisotopic (exact) mass is 331 g/mol. The SMILES string of the molecule is CSc1ccc([N+](=O)[O-])c(C(=O)N2CCC(N)CC2)c1.Cl. The lowest BCUT2D eigenvalue weighted by Gasteiger charge is -2.30. The maximum absolute atomic E-state index is 12.5. The highest BCUT2D eigenvalue weighted by Crippen LogP contribution is 2.26. The van der Waals surface area contributed by atoms with Gasteiger partial charge in [0, 0.05) is 30.1 Å². The largest absolute Gasteiger partial charge is 0.338 e. The molecule has 116 valence electrons. The predicted molar refractivity (Wildman–Crippen MR) is 85.2 cm³/mol. The van der Waals surface area contributed by atoms with Crippen LogP contribution < -0.4 is 5.73 Å². The number of thioether (sulfide) groups is 1. The van der Waals surface area contributed by atoms with E-state index in [4.69, 9.17) is 5.73 Å². The van der Waals surface area contributed by atoms with E-state index in [1.54, 1.807) is 17.0 Å². The lowest BCUT2D eigenvalue weighted by molar-refractivity contribution is -0.385. The third-order valence-corrected chi connectivity index (χ3v) is 4.18. The molecule has 0 unspecified atom stereocenters. The van der Waals surface area contributed by atoms with E-state index in [9.17, 15) is 14.9 Å². The molecule has 1 aliphatic heterocycles. The number of hydrogen-bond acceptors (Lipinski definition) is 5. The Hall–Kier alpha value is -1.31. The van der Waals surface area contributed by atoms with Crippen molar-refractivity contribution in [3.8, 4) is 0 Å². The minimum atomic E-state index is -0.507. The van der Waals surface area contributed by atoms with Crippen LogP contribution in [0.4, 0.5) is 5.69 Å². The van der Waals surface area contributed by atoms with E-state index in [1.165, 1.54) is 17.8 Å². The number of rotatable bonds is 3. The Kier molecular flexibility index (Phi) is 6.44. The van der Waals surface area contributed by atoms with Crippen LogP contribution in [0.15, 0.2) is 23.1 Å². The lowest BCUT2D eigenvalue weighted by atomic mass is 10.0. The zero-order valence-corrected chi connectivity index (χ0v) is 13.3. The van der Waals surface area contributed by atoms with Crippen LogP contribution in [-0.4, -0.2) is 41.1 Å². The average Bonchev–Trinajstić information content (AvgIpc) is 2.46. The molecule has 0 bridgehead atoms. The molecule has 1 heterocycles. The molecular weight excluding hydrogens is 314 g/mol. The summed E-state index contributed by atoms with van der Waals surface area (Å²) in [6.07, 6.45) is 3.35. The Balaban J connectivity index is 0.00000220. The lowest BCUT2D eigenvalue weighted by Crippen LogP contribution is -2.43. The normalized spacial score (nSPS) is 15.4. The first-order valence-electron chi connectivity index (χ1n) is 6.40. The van der Waals surface area contributed by atoms with Crippen LogP contribution in [0, 0.1) is 10.1 Å². The molecule has 0 aromatic heterocycles. The van der Waals surface area contributed by atoms with Crippen molar-refractivity contribution in [2.75, 3.05) is 19.3 Å². The van der Waals surface area contributed by atoms with Gasteiger partial charge in [0.2, 0.25) is 0 Å². The summed E-state index contributed by atoms with van der Waals surface area (Å²) in [6.45, 7) is 1.11. The Bertz CT molecular complexity index is 533. The smallest absolute Gasteiger partial charge is 0.282 e. The van der Waals surface area contributed by atoms with Crippen LogP contribution in [0.3, 0.4) is 0 Å². The number of carbonyl (C=O) groups excluding carboxylic acids is 1. The third kappa shape index (κ3) is 4.09. The van der Waals surface area contributed by atoms with Gasteiger partial charge in [-0.25, -0.2) is 0 Å². The number of carbonyl (C=O) groups is 1. The molecule has 2 rings (SSSR count). The van der Waals surface area contributed by atoms with Crippen molar-refractivity contribution in [3.05, 3.63) is 33.9 Å². The van der Waals surface area contributed by atoms with Crippen LogP contribution in [-0.2, 0) is 0 Å². The fourth-order valence-electron chi connectivity index (χ4n) is 2.25. The first-order chi connectivity index (χ1) is 9.52. The molecule has 0 saturated carbocycles. The van der Waals surface area contributed by atoms with Crippen molar-refractivity contribution in [1.82, 2.24) is 4.90 Å². The second kappa shape index (κ2) is 7.63. The van der Waals surface area contributed by atoms with Gasteiger partial charge in [-0.15, -0.1) is 24.2 Å². The summed E-state index contributed by atoms with van der Waals surface area (Å²) < 4.78 is 0. The van der Waals surface area contributed by atoms with Crippen molar-refractivity contribution >= 4 is 35.8 Å². The number of likely N-dealkylation sites (tertiary alicyclic amines) is 1. The molecule has 1 aliphatic rings. The average molecular weight is 332 g/mol. The van der Waals surface area contributed by atoms with Crippen LogP contribution in [0.2, 0.25) is 0 Å². The highest BCUT2D eigenvalue weighted by atomic mass is 35.5. The van der Waals surface area contributed by atoms with Gasteiger partial charge in [0.1, 0.15) is 5.56 Å². The molecule has 0 atom stereocenters. The second-order valence-electron chi connectivity index (χ2n) is 4.77. The van der Waals surface area contributed by atoms with Gasteiger partial charge in [0.25, 0.3) is 11.6 Å². The molecule has 1 aromatic carbocycles. The Morgan fingerprint density at radius 1 is 1.43 bits per heavy atom. The highest BCUT2D eigenvalue weighted by molar-refractivity contribution is 7.98. The number of benzene rings is 1. The standard InChI is InChI=1S/C13H17N3O3S.ClH/c1-20-10-2-3-12(16(18)19)11(8-10)13(17)15-6-4-9(14)5-7-15;/h2-3,8-9H,4-7,14H2,1H3;1H. The number of piperidine rings is 1. The van der Waals surface area contributed by atoms with Crippen molar-refractivity contribution in [2.24, 2.45) is 5.73 Å². The molecule has 0 spiro atoms. The molecule has 1 saturated heterocycles. The van der Waals surface area contributed by atoms with Crippen molar-refractivity contribution < 1.29 is 9.72 Å². The topological polar surface area (TPSA) is 89.5 Å². The second-order valence-corrected chi connectivity index (χ2v) is 5.65. The van der Waals surface area contributed by atoms with Crippen LogP contribution in [0.1, 0.15) is 23.2 Å². The number of nitrogens with two attached hydrogens (primary N) is 1. The van der Waals surface area contributed by atoms with Crippen LogP contribution >= 0.6 is 24.2 Å². The predicted octanol–water partition coefficient (Wildman–Crippen LogP) is 2.30. The van der Waals surface area contributed by atoms with Gasteiger partial charge in [0.15, 0.2) is 0 Å². The molecule has 6 nitrogen and oxygen atoms in total. The first kappa shape index (κ1) is 17.7. The highest BCUT2D eigenvalue weighted by Gasteiger charge is 2.27. The molecule has 0 aliphatic carbocycles. The first-order valence-corrected chi connectivity index (χ1v) is 7.62. The van der Waals surface area contributed by atoms with E-state index in [0.29, 0.717) is 13.1 Å². The molecule has 1 aromatic rings. The van der Waals surface area contributed by atoms with Gasteiger partial charge < -0.3 is 10.6 Å². The zero-order chi connectivity index (χ0) is 14.7. The van der Waals surface area contributed by atoms with Crippen LogP contribution in [0.5, 0.6) is 0 Å². The minimum absolute atomic E-state index is 0. The number of nitrogens with zero attached hydrogens (tertiary/aromatic N) is 2. The maximum atomic E-state index is 12.5. The van der Waals surface area contributed by atoms with E-state index >= 15 is 0 Å². The van der Waals surface area contributed by atoms with E-state index < -0.39 is 4.92 Å². The van der Waals surface area contributed by atoms with Gasteiger partial charge in [0.05, 0.1) is 4.92 Å². The number of nitro benzene ring substituents is 1. The van der Waals surface area contributed by atoms with E-state index in [-0.39, 0.29) is 35.6 Å². The molecular formula is C13H18ClN3O3S. The molecule has 1 amide bonds. The van der Waals surface area contributed by atoms with Crippen molar-refractivity contribution in [3.63, 3.8) is 0 Å². The van der Waals surface area contributed by atoms with Gasteiger partial charge in [-0.1, -0.05) is 0 Å². The van der Waals surface area contributed by atoms with E-state index in [2.05, 4.69) is 0 Å². The van der Waals surface area contributed by atoms with Gasteiger partial charge in [-0.05, 0) is 31.2 Å². The van der Waals surface area contributed by atoms with E-state index in [1.807, 2.05) is 6.26 Å². The third-order valence-electron chi connectivity index (χ3n) is 3.46. The van der Waals surface area contributed by atoms with E-state index in [0.717, 1.165) is 17.7 Å². The molecule has 2 N–H and O–H groups in total. The summed E-state index contributed by atoms with van der Waals surface area (Å²) in [5.41, 5.74) is 5.84. The fraction of sp³-hybridized carbons (Fsp3) is 0.462. The maximum Gasteiger partial charge on any atom is 0.282 e. The summed E-state index contributed by atoms with van der Waals surface area (Å²) in [4.78, 5) is 25.5. The number of halogens is 1. The number of nitro groups is 1. The summed E-state index contributed by atoms with van der Waals surface area (Å²) in [5.74, 6) is -0.278. The molecule has 1 fully saturated rings. The summed E-state index contributed by atoms with van der Waals surface area (Å²) in [6, 6.07) is 4.77. The summed E-state index contributed by atoms with van der Waals surface area (Å²) in [7, 11) is 0.